The fourth-order valence-electron chi connectivity index (χ4n) is 2.25. The highest BCUT2D eigenvalue weighted by molar-refractivity contribution is 5.75. The minimum absolute atomic E-state index is 0.0880. The van der Waals surface area contributed by atoms with E-state index in [1.807, 2.05) is 6.92 Å². The van der Waals surface area contributed by atoms with Gasteiger partial charge in [0, 0.05) is 19.1 Å². The molecule has 1 rings (SSSR count). The molecule has 112 valence electrons. The van der Waals surface area contributed by atoms with Gasteiger partial charge >= 0.3 is 5.97 Å². The van der Waals surface area contributed by atoms with E-state index in [9.17, 15) is 4.79 Å². The molecule has 0 aromatic rings. The maximum atomic E-state index is 11.9. The summed E-state index contributed by atoms with van der Waals surface area (Å²) in [5, 5.41) is 3.41. The van der Waals surface area contributed by atoms with Crippen molar-refractivity contribution in [1.29, 1.82) is 0 Å². The third kappa shape index (κ3) is 6.92. The van der Waals surface area contributed by atoms with Crippen LogP contribution in [0.3, 0.4) is 0 Å². The summed E-state index contributed by atoms with van der Waals surface area (Å²) >= 11 is 0. The lowest BCUT2D eigenvalue weighted by atomic mass is 10.1. The second-order valence-corrected chi connectivity index (χ2v) is 5.82. The first kappa shape index (κ1) is 16.4. The zero-order chi connectivity index (χ0) is 14.3. The van der Waals surface area contributed by atoms with Gasteiger partial charge in [0.1, 0.15) is 6.04 Å². The Morgan fingerprint density at radius 3 is 2.53 bits per heavy atom. The van der Waals surface area contributed by atoms with Gasteiger partial charge in [-0.05, 0) is 38.6 Å². The Bertz CT molecular complexity index is 265. The molecule has 19 heavy (non-hydrogen) atoms. The summed E-state index contributed by atoms with van der Waals surface area (Å²) in [6.07, 6.45) is 3.23. The molecule has 1 aliphatic carbocycles. The Morgan fingerprint density at radius 1 is 1.37 bits per heavy atom. The highest BCUT2D eigenvalue weighted by Gasteiger charge is 2.29. The maximum Gasteiger partial charge on any atom is 0.323 e. The van der Waals surface area contributed by atoms with E-state index in [0.29, 0.717) is 18.6 Å². The smallest absolute Gasteiger partial charge is 0.323 e. The molecule has 0 spiro atoms. The molecule has 4 heteroatoms. The Balaban J connectivity index is 2.39. The van der Waals surface area contributed by atoms with Crippen molar-refractivity contribution in [2.75, 3.05) is 26.2 Å². The molecule has 1 saturated carbocycles. The molecule has 0 saturated heterocycles. The van der Waals surface area contributed by atoms with Crippen molar-refractivity contribution >= 4 is 5.97 Å². The molecular weight excluding hydrogens is 240 g/mol. The molecule has 0 radical (unpaired) electrons. The number of nitrogens with one attached hydrogen (secondary N) is 1. The SMILES string of the molecule is CCOC(=O)C(CCN(CC)CC(C)C)NC1CC1. The molecule has 0 aliphatic heterocycles. The van der Waals surface area contributed by atoms with Gasteiger partial charge in [-0.2, -0.15) is 0 Å². The lowest BCUT2D eigenvalue weighted by molar-refractivity contribution is -0.146. The van der Waals surface area contributed by atoms with Gasteiger partial charge in [0.25, 0.3) is 0 Å². The van der Waals surface area contributed by atoms with Crippen LogP contribution in [0.4, 0.5) is 0 Å². The maximum absolute atomic E-state index is 11.9. The molecule has 4 nitrogen and oxygen atoms in total. The van der Waals surface area contributed by atoms with Gasteiger partial charge in [-0.15, -0.1) is 0 Å². The van der Waals surface area contributed by atoms with E-state index in [1.54, 1.807) is 0 Å². The Morgan fingerprint density at radius 2 is 2.05 bits per heavy atom. The zero-order valence-corrected chi connectivity index (χ0v) is 12.9. The molecule has 0 heterocycles. The van der Waals surface area contributed by atoms with Gasteiger partial charge in [-0.1, -0.05) is 20.8 Å². The average Bonchev–Trinajstić information content (AvgIpc) is 3.16. The van der Waals surface area contributed by atoms with Gasteiger partial charge in [0.15, 0.2) is 0 Å². The van der Waals surface area contributed by atoms with Crippen LogP contribution in [0.5, 0.6) is 0 Å². The van der Waals surface area contributed by atoms with E-state index >= 15 is 0 Å². The summed E-state index contributed by atoms with van der Waals surface area (Å²) < 4.78 is 5.16. The highest BCUT2D eigenvalue weighted by Crippen LogP contribution is 2.20. The average molecular weight is 270 g/mol. The Hall–Kier alpha value is -0.610. The number of hydrogen-bond donors (Lipinski definition) is 1. The van der Waals surface area contributed by atoms with Gasteiger partial charge in [-0.25, -0.2) is 0 Å². The summed E-state index contributed by atoms with van der Waals surface area (Å²) in [6.45, 7) is 12.1. The first-order chi connectivity index (χ1) is 9.06. The molecule has 0 bridgehead atoms. The van der Waals surface area contributed by atoms with E-state index in [2.05, 4.69) is 31.0 Å². The molecule has 1 N–H and O–H groups in total. The van der Waals surface area contributed by atoms with Crippen LogP contribution in [0.2, 0.25) is 0 Å². The third-order valence-corrected chi connectivity index (χ3v) is 3.39. The summed E-state index contributed by atoms with van der Waals surface area (Å²) in [6, 6.07) is 0.406. The number of rotatable bonds is 10. The quantitative estimate of drug-likeness (QED) is 0.617. The first-order valence-corrected chi connectivity index (χ1v) is 7.71. The van der Waals surface area contributed by atoms with Crippen molar-refractivity contribution < 1.29 is 9.53 Å². The van der Waals surface area contributed by atoms with Crippen LogP contribution < -0.4 is 5.32 Å². The predicted molar refractivity (Wildman–Crippen MR) is 78.1 cm³/mol. The fourth-order valence-corrected chi connectivity index (χ4v) is 2.25. The van der Waals surface area contributed by atoms with Gasteiger partial charge < -0.3 is 15.0 Å². The molecular formula is C15H30N2O2. The predicted octanol–water partition coefficient (Wildman–Crippen LogP) is 2.04. The lowest BCUT2D eigenvalue weighted by Gasteiger charge is -2.25. The van der Waals surface area contributed by atoms with Crippen LogP contribution in [0, 0.1) is 5.92 Å². The zero-order valence-electron chi connectivity index (χ0n) is 12.9. The van der Waals surface area contributed by atoms with Crippen molar-refractivity contribution in [2.24, 2.45) is 5.92 Å². The lowest BCUT2D eigenvalue weighted by Crippen LogP contribution is -2.42. The summed E-state index contributed by atoms with van der Waals surface area (Å²) in [5.74, 6) is 0.576. The molecule has 1 aliphatic rings. The fraction of sp³-hybridized carbons (Fsp3) is 0.933. The number of esters is 1. The van der Waals surface area contributed by atoms with E-state index in [1.165, 1.54) is 12.8 Å². The van der Waals surface area contributed by atoms with Gasteiger partial charge in [0.2, 0.25) is 0 Å². The summed E-state index contributed by atoms with van der Waals surface area (Å²) in [7, 11) is 0. The van der Waals surface area contributed by atoms with E-state index in [-0.39, 0.29) is 12.0 Å². The molecule has 1 fully saturated rings. The van der Waals surface area contributed by atoms with Crippen LogP contribution in [-0.4, -0.2) is 49.2 Å². The molecule has 1 atom stereocenters. The van der Waals surface area contributed by atoms with E-state index < -0.39 is 0 Å². The third-order valence-electron chi connectivity index (χ3n) is 3.39. The molecule has 1 unspecified atom stereocenters. The summed E-state index contributed by atoms with van der Waals surface area (Å²) in [5.41, 5.74) is 0. The van der Waals surface area contributed by atoms with Crippen LogP contribution in [-0.2, 0) is 9.53 Å². The minimum atomic E-state index is -0.131. The van der Waals surface area contributed by atoms with Crippen LogP contribution in [0.15, 0.2) is 0 Å². The van der Waals surface area contributed by atoms with E-state index in [0.717, 1.165) is 26.1 Å². The van der Waals surface area contributed by atoms with Crippen molar-refractivity contribution in [1.82, 2.24) is 10.2 Å². The van der Waals surface area contributed by atoms with E-state index in [4.69, 9.17) is 4.74 Å². The standard InChI is InChI=1S/C15H30N2O2/c1-5-17(11-12(3)4)10-9-14(15(18)19-6-2)16-13-7-8-13/h12-14,16H,5-11H2,1-4H3. The van der Waals surface area contributed by atoms with Crippen molar-refractivity contribution in [3.63, 3.8) is 0 Å². The number of carbonyl (C=O) groups is 1. The second-order valence-electron chi connectivity index (χ2n) is 5.82. The van der Waals surface area contributed by atoms with Gasteiger partial charge in [0.05, 0.1) is 6.61 Å². The molecule has 0 aromatic heterocycles. The normalized spacial score (nSPS) is 16.9. The highest BCUT2D eigenvalue weighted by atomic mass is 16.5. The largest absolute Gasteiger partial charge is 0.465 e. The first-order valence-electron chi connectivity index (χ1n) is 7.71. The number of ether oxygens (including phenoxy) is 1. The molecule has 0 amide bonds. The monoisotopic (exact) mass is 270 g/mol. The second kappa shape index (κ2) is 8.54. The topological polar surface area (TPSA) is 41.6 Å². The van der Waals surface area contributed by atoms with Crippen LogP contribution in [0.1, 0.15) is 47.0 Å². The number of nitrogens with zero attached hydrogens (tertiary/aromatic N) is 1. The van der Waals surface area contributed by atoms with Gasteiger partial charge in [-0.3, -0.25) is 4.79 Å². The number of hydrogen-bond acceptors (Lipinski definition) is 4. The van der Waals surface area contributed by atoms with Crippen molar-refractivity contribution in [3.05, 3.63) is 0 Å². The number of carbonyl (C=O) groups excluding carboxylic acids is 1. The molecule has 0 aromatic carbocycles. The van der Waals surface area contributed by atoms with Crippen LogP contribution in [0.25, 0.3) is 0 Å². The Kier molecular flexibility index (Phi) is 7.39. The summed E-state index contributed by atoms with van der Waals surface area (Å²) in [4.78, 5) is 14.3. The van der Waals surface area contributed by atoms with Crippen LogP contribution >= 0.6 is 0 Å². The Labute approximate surface area is 117 Å². The minimum Gasteiger partial charge on any atom is -0.465 e. The van der Waals surface area contributed by atoms with Crippen molar-refractivity contribution in [2.45, 2.75) is 59.0 Å². The van der Waals surface area contributed by atoms with Crippen molar-refractivity contribution in [3.8, 4) is 0 Å².